The molecule has 0 saturated heterocycles. The van der Waals surface area contributed by atoms with Gasteiger partial charge in [0.2, 0.25) is 15.9 Å². The van der Waals surface area contributed by atoms with Crippen LogP contribution < -0.4 is 9.46 Å². The first-order valence-electron chi connectivity index (χ1n) is 9.48. The van der Waals surface area contributed by atoms with Crippen LogP contribution in [0, 0.1) is 6.92 Å². The summed E-state index contributed by atoms with van der Waals surface area (Å²) in [6.07, 6.45) is 4.81. The lowest BCUT2D eigenvalue weighted by molar-refractivity contribution is 0.138. The van der Waals surface area contributed by atoms with E-state index in [9.17, 15) is 8.42 Å². The van der Waals surface area contributed by atoms with E-state index in [0.29, 0.717) is 11.4 Å². The molecule has 0 aliphatic heterocycles. The fraction of sp³-hybridized carbons (Fsp3) is 0.333. The average molecular weight is 398 g/mol. The Hall–Kier alpha value is -2.51. The molecule has 1 aliphatic carbocycles. The van der Waals surface area contributed by atoms with Crippen LogP contribution >= 0.6 is 0 Å². The maximum Gasteiger partial charge on any atom is 0.242 e. The number of ether oxygens (including phenoxy) is 1. The molecule has 2 heterocycles. The summed E-state index contributed by atoms with van der Waals surface area (Å²) in [7, 11) is -3.65. The molecule has 4 rings (SSSR count). The third kappa shape index (κ3) is 4.15. The van der Waals surface area contributed by atoms with Crippen molar-refractivity contribution in [2.45, 2.75) is 49.6 Å². The van der Waals surface area contributed by atoms with Crippen LogP contribution in [0.25, 0.3) is 10.9 Å². The van der Waals surface area contributed by atoms with Crippen LogP contribution in [-0.4, -0.2) is 30.5 Å². The minimum Gasteiger partial charge on any atom is -0.474 e. The Balaban J connectivity index is 1.44. The molecule has 0 bridgehead atoms. The summed E-state index contributed by atoms with van der Waals surface area (Å²) < 4.78 is 34.8. The molecule has 0 atom stereocenters. The van der Waals surface area contributed by atoms with Crippen molar-refractivity contribution in [1.29, 1.82) is 0 Å². The Bertz CT molecular complexity index is 1060. The fourth-order valence-electron chi connectivity index (χ4n) is 3.60. The minimum atomic E-state index is -3.65. The molecule has 2 aromatic heterocycles. The molecule has 0 amide bonds. The van der Waals surface area contributed by atoms with E-state index in [1.54, 1.807) is 18.3 Å². The van der Waals surface area contributed by atoms with Crippen LogP contribution in [0.15, 0.2) is 59.6 Å². The maximum atomic E-state index is 13.0. The zero-order valence-electron chi connectivity index (χ0n) is 15.7. The highest BCUT2D eigenvalue weighted by Gasteiger charge is 2.28. The van der Waals surface area contributed by atoms with E-state index in [4.69, 9.17) is 4.74 Å². The number of para-hydroxylation sites is 1. The van der Waals surface area contributed by atoms with Crippen molar-refractivity contribution in [3.05, 3.63) is 60.4 Å². The number of nitrogens with one attached hydrogen (secondary N) is 1. The molecule has 0 radical (unpaired) electrons. The molecule has 3 aromatic rings. The number of pyridine rings is 2. The third-order valence-electron chi connectivity index (χ3n) is 5.03. The smallest absolute Gasteiger partial charge is 0.242 e. The molecule has 0 spiro atoms. The van der Waals surface area contributed by atoms with Gasteiger partial charge in [-0.1, -0.05) is 24.3 Å². The number of fused-ring (bicyclic) bond motifs is 1. The van der Waals surface area contributed by atoms with E-state index in [-0.39, 0.29) is 17.0 Å². The summed E-state index contributed by atoms with van der Waals surface area (Å²) in [5.74, 6) is 0.615. The molecule has 1 N–H and O–H groups in total. The van der Waals surface area contributed by atoms with Gasteiger partial charge >= 0.3 is 0 Å². The van der Waals surface area contributed by atoms with Gasteiger partial charge in [0.1, 0.15) is 11.0 Å². The fourth-order valence-corrected chi connectivity index (χ4v) is 5.08. The summed E-state index contributed by atoms with van der Waals surface area (Å²) in [6.45, 7) is 1.86. The van der Waals surface area contributed by atoms with Crippen molar-refractivity contribution in [1.82, 2.24) is 14.7 Å². The molecule has 6 nitrogen and oxygen atoms in total. The molecular weight excluding hydrogens is 374 g/mol. The van der Waals surface area contributed by atoms with E-state index in [0.717, 1.165) is 36.8 Å². The van der Waals surface area contributed by atoms with Gasteiger partial charge in [-0.15, -0.1) is 0 Å². The number of aromatic nitrogens is 2. The van der Waals surface area contributed by atoms with Crippen molar-refractivity contribution in [3.8, 4) is 5.88 Å². The van der Waals surface area contributed by atoms with Crippen LogP contribution in [0.4, 0.5) is 0 Å². The zero-order valence-corrected chi connectivity index (χ0v) is 16.5. The van der Waals surface area contributed by atoms with Gasteiger partial charge in [-0.25, -0.2) is 18.1 Å². The van der Waals surface area contributed by atoms with Crippen LogP contribution in [-0.2, 0) is 10.0 Å². The van der Waals surface area contributed by atoms with Crippen molar-refractivity contribution < 1.29 is 13.2 Å². The van der Waals surface area contributed by atoms with E-state index in [2.05, 4.69) is 14.7 Å². The molecule has 28 heavy (non-hydrogen) atoms. The lowest BCUT2D eigenvalue weighted by Crippen LogP contribution is -2.39. The van der Waals surface area contributed by atoms with Crippen LogP contribution in [0.3, 0.4) is 0 Å². The second kappa shape index (κ2) is 7.85. The molecule has 146 valence electrons. The van der Waals surface area contributed by atoms with Crippen molar-refractivity contribution >= 4 is 20.9 Å². The van der Waals surface area contributed by atoms with Crippen LogP contribution in [0.5, 0.6) is 5.88 Å². The van der Waals surface area contributed by atoms with Gasteiger partial charge in [0, 0.05) is 29.4 Å². The SMILES string of the molecule is Cc1ccc2cccc(S(=O)(=O)NC3CCC(Oc4ccccn4)CC3)c2n1. The predicted octanol–water partition coefficient (Wildman–Crippen LogP) is 3.61. The average Bonchev–Trinajstić information content (AvgIpc) is 2.69. The van der Waals surface area contributed by atoms with E-state index in [1.165, 1.54) is 0 Å². The van der Waals surface area contributed by atoms with Crippen molar-refractivity contribution in [2.75, 3.05) is 0 Å². The number of hydrogen-bond acceptors (Lipinski definition) is 5. The van der Waals surface area contributed by atoms with Gasteiger partial charge in [-0.3, -0.25) is 4.98 Å². The highest BCUT2D eigenvalue weighted by molar-refractivity contribution is 7.89. The second-order valence-corrected chi connectivity index (χ2v) is 8.84. The number of rotatable bonds is 5. The van der Waals surface area contributed by atoms with Gasteiger partial charge in [-0.2, -0.15) is 0 Å². The van der Waals surface area contributed by atoms with Gasteiger partial charge in [-0.05, 0) is 50.8 Å². The molecule has 1 aliphatic rings. The minimum absolute atomic E-state index is 0.0672. The number of sulfonamides is 1. The quantitative estimate of drug-likeness (QED) is 0.711. The lowest BCUT2D eigenvalue weighted by atomic mass is 9.94. The first-order chi connectivity index (χ1) is 13.5. The molecule has 0 unspecified atom stereocenters. The van der Waals surface area contributed by atoms with E-state index < -0.39 is 10.0 Å². The topological polar surface area (TPSA) is 81.2 Å². The van der Waals surface area contributed by atoms with Gasteiger partial charge < -0.3 is 4.74 Å². The number of nitrogens with zero attached hydrogens (tertiary/aromatic N) is 2. The molecule has 1 fully saturated rings. The molecule has 1 aromatic carbocycles. The maximum absolute atomic E-state index is 13.0. The van der Waals surface area contributed by atoms with E-state index in [1.807, 2.05) is 43.3 Å². The Morgan fingerprint density at radius 1 is 1.00 bits per heavy atom. The monoisotopic (exact) mass is 397 g/mol. The lowest BCUT2D eigenvalue weighted by Gasteiger charge is -2.29. The summed E-state index contributed by atoms with van der Waals surface area (Å²) >= 11 is 0. The second-order valence-electron chi connectivity index (χ2n) is 7.16. The summed E-state index contributed by atoms with van der Waals surface area (Å²) in [5.41, 5.74) is 1.31. The molecule has 7 heteroatoms. The highest BCUT2D eigenvalue weighted by Crippen LogP contribution is 2.26. The third-order valence-corrected chi connectivity index (χ3v) is 6.59. The van der Waals surface area contributed by atoms with E-state index >= 15 is 0 Å². The van der Waals surface area contributed by atoms with Crippen molar-refractivity contribution in [3.63, 3.8) is 0 Å². The zero-order chi connectivity index (χ0) is 19.6. The Morgan fingerprint density at radius 2 is 1.82 bits per heavy atom. The normalized spacial score (nSPS) is 20.2. The molecule has 1 saturated carbocycles. The van der Waals surface area contributed by atoms with Gasteiger partial charge in [0.15, 0.2) is 0 Å². The first kappa shape index (κ1) is 18.8. The highest BCUT2D eigenvalue weighted by atomic mass is 32.2. The largest absolute Gasteiger partial charge is 0.474 e. The van der Waals surface area contributed by atoms with Crippen LogP contribution in [0.2, 0.25) is 0 Å². The molecular formula is C21H23N3O3S. The van der Waals surface area contributed by atoms with Gasteiger partial charge in [0.25, 0.3) is 0 Å². The Kier molecular flexibility index (Phi) is 5.28. The summed E-state index contributed by atoms with van der Waals surface area (Å²) in [4.78, 5) is 8.87. The number of hydrogen-bond donors (Lipinski definition) is 1. The Labute approximate surface area is 165 Å². The standard InChI is InChI=1S/C21H23N3O3S/c1-15-8-9-16-5-4-6-19(21(16)23-15)28(25,26)24-17-10-12-18(13-11-17)27-20-7-2-3-14-22-20/h2-9,14,17-18,24H,10-13H2,1H3. The summed E-state index contributed by atoms with van der Waals surface area (Å²) in [5, 5.41) is 0.820. The number of aryl methyl sites for hydroxylation is 1. The van der Waals surface area contributed by atoms with Gasteiger partial charge in [0.05, 0.1) is 5.52 Å². The first-order valence-corrected chi connectivity index (χ1v) is 11.0. The van der Waals surface area contributed by atoms with Crippen molar-refractivity contribution in [2.24, 2.45) is 0 Å². The number of benzene rings is 1. The predicted molar refractivity (Wildman–Crippen MR) is 108 cm³/mol. The van der Waals surface area contributed by atoms with Crippen LogP contribution in [0.1, 0.15) is 31.4 Å². The summed E-state index contributed by atoms with van der Waals surface area (Å²) in [6, 6.07) is 14.5. The Morgan fingerprint density at radius 3 is 2.57 bits per heavy atom.